The van der Waals surface area contributed by atoms with Crippen LogP contribution in [0.2, 0.25) is 5.02 Å². The molecule has 192 valence electrons. The molecule has 1 aromatic carbocycles. The van der Waals surface area contributed by atoms with Gasteiger partial charge >= 0.3 is 0 Å². The maximum atomic E-state index is 12.9. The number of fused-ring (bicyclic) bond motifs is 1. The van der Waals surface area contributed by atoms with Crippen LogP contribution >= 0.6 is 23.4 Å². The van der Waals surface area contributed by atoms with E-state index in [1.807, 2.05) is 36.6 Å². The topological polar surface area (TPSA) is 113 Å². The third-order valence-corrected chi connectivity index (χ3v) is 7.53. The Hall–Kier alpha value is -3.41. The molecule has 3 aliphatic heterocycles. The van der Waals surface area contributed by atoms with Gasteiger partial charge in [-0.05, 0) is 61.5 Å². The van der Waals surface area contributed by atoms with Crippen molar-refractivity contribution in [1.29, 1.82) is 5.41 Å². The van der Waals surface area contributed by atoms with E-state index in [-0.39, 0.29) is 28.9 Å². The van der Waals surface area contributed by atoms with Crippen LogP contribution in [-0.2, 0) is 14.3 Å². The van der Waals surface area contributed by atoms with Crippen LogP contribution in [0.3, 0.4) is 0 Å². The van der Waals surface area contributed by atoms with Crippen LogP contribution in [0.1, 0.15) is 23.4 Å². The van der Waals surface area contributed by atoms with Crippen molar-refractivity contribution in [3.8, 4) is 11.4 Å². The summed E-state index contributed by atoms with van der Waals surface area (Å²) in [6, 6.07) is 7.46. The summed E-state index contributed by atoms with van der Waals surface area (Å²) in [6.45, 7) is 6.01. The Kier molecular flexibility index (Phi) is 6.93. The maximum absolute atomic E-state index is 12.9. The van der Waals surface area contributed by atoms with Gasteiger partial charge in [-0.2, -0.15) is 15.1 Å². The highest BCUT2D eigenvalue weighted by Crippen LogP contribution is 2.32. The van der Waals surface area contributed by atoms with Crippen molar-refractivity contribution in [2.24, 2.45) is 10.1 Å². The highest BCUT2D eigenvalue weighted by molar-refractivity contribution is 8.27. The second-order valence-corrected chi connectivity index (χ2v) is 10.1. The Labute approximate surface area is 223 Å². The van der Waals surface area contributed by atoms with Gasteiger partial charge < -0.3 is 18.9 Å². The van der Waals surface area contributed by atoms with Gasteiger partial charge in [0.15, 0.2) is 5.84 Å². The second kappa shape index (κ2) is 10.2. The normalized spacial score (nSPS) is 18.8. The number of hydrogen-bond donors (Lipinski definition) is 1. The predicted molar refractivity (Wildman–Crippen MR) is 144 cm³/mol. The number of hydrazone groups is 1. The van der Waals surface area contributed by atoms with Gasteiger partial charge in [-0.1, -0.05) is 11.6 Å². The van der Waals surface area contributed by atoms with E-state index in [0.717, 1.165) is 34.4 Å². The number of carbonyl (C=O) groups is 2. The molecule has 0 saturated carbocycles. The minimum Gasteiger partial charge on any atom is -0.495 e. The van der Waals surface area contributed by atoms with Crippen molar-refractivity contribution in [3.05, 3.63) is 51.8 Å². The van der Waals surface area contributed by atoms with Gasteiger partial charge in [-0.25, -0.2) is 0 Å². The molecule has 0 spiro atoms. The van der Waals surface area contributed by atoms with Crippen LogP contribution in [0.25, 0.3) is 11.8 Å². The van der Waals surface area contributed by atoms with E-state index in [1.165, 1.54) is 5.01 Å². The van der Waals surface area contributed by atoms with Gasteiger partial charge in [-0.3, -0.25) is 15.0 Å². The fourth-order valence-corrected chi connectivity index (χ4v) is 5.57. The molecular formula is C25H25ClN6O4S. The molecule has 1 saturated heterocycles. The molecule has 37 heavy (non-hydrogen) atoms. The maximum Gasteiger partial charge on any atom is 0.283 e. The number of hydrogen-bond acceptors (Lipinski definition) is 7. The minimum atomic E-state index is -0.517. The van der Waals surface area contributed by atoms with Gasteiger partial charge in [0.1, 0.15) is 10.8 Å². The minimum absolute atomic E-state index is 0.0605. The molecule has 2 amide bonds. The van der Waals surface area contributed by atoms with Crippen molar-refractivity contribution in [1.82, 2.24) is 14.5 Å². The molecule has 0 atom stereocenters. The zero-order chi connectivity index (χ0) is 26.3. The molecule has 0 radical (unpaired) electrons. The quantitative estimate of drug-likeness (QED) is 0.580. The monoisotopic (exact) mass is 540 g/mol. The third kappa shape index (κ3) is 4.81. The number of aliphatic imine (C=N–C) groups is 1. The summed E-state index contributed by atoms with van der Waals surface area (Å²) >= 11 is 7.48. The van der Waals surface area contributed by atoms with Crippen molar-refractivity contribution in [3.63, 3.8) is 0 Å². The number of methoxy groups -OCH3 is 1. The lowest BCUT2D eigenvalue weighted by molar-refractivity contribution is -0.133. The lowest BCUT2D eigenvalue weighted by Crippen LogP contribution is -2.41. The number of ether oxygens (including phenoxy) is 2. The van der Waals surface area contributed by atoms with Crippen molar-refractivity contribution in [2.75, 3.05) is 33.4 Å². The van der Waals surface area contributed by atoms with E-state index in [2.05, 4.69) is 10.1 Å². The number of rotatable bonds is 5. The van der Waals surface area contributed by atoms with E-state index >= 15 is 0 Å². The van der Waals surface area contributed by atoms with Crippen LogP contribution in [0.5, 0.6) is 5.75 Å². The molecule has 0 bridgehead atoms. The van der Waals surface area contributed by atoms with E-state index in [4.69, 9.17) is 26.5 Å². The summed E-state index contributed by atoms with van der Waals surface area (Å²) in [4.78, 5) is 31.4. The smallest absolute Gasteiger partial charge is 0.283 e. The first-order chi connectivity index (χ1) is 17.8. The Bertz CT molecular complexity index is 1410. The molecule has 3 aliphatic rings. The van der Waals surface area contributed by atoms with Gasteiger partial charge in [0.25, 0.3) is 5.91 Å². The first-order valence-electron chi connectivity index (χ1n) is 11.6. The standard InChI is InChI=1S/C25H25ClN6O4S/c1-14-10-16(15(2)31(14)17-4-5-20(35-3)19(26)12-17)11-18-23(27)32-25(28-24(18)34)37-21(29-32)13-22(33)30-6-8-36-9-7-30/h4-5,10-12,27H,6-9,13H2,1-3H3/b18-11+,27-23?. The molecule has 1 N–H and O–H groups in total. The molecule has 4 heterocycles. The zero-order valence-electron chi connectivity index (χ0n) is 20.6. The number of halogens is 1. The fraction of sp³-hybridized carbons (Fsp3) is 0.320. The number of benzene rings is 1. The molecule has 0 aliphatic carbocycles. The van der Waals surface area contributed by atoms with Gasteiger partial charge in [-0.15, -0.1) is 0 Å². The van der Waals surface area contributed by atoms with Crippen molar-refractivity contribution in [2.45, 2.75) is 20.3 Å². The summed E-state index contributed by atoms with van der Waals surface area (Å²) in [5.74, 6) is -0.0690. The average Bonchev–Trinajstić information content (AvgIpc) is 3.41. The van der Waals surface area contributed by atoms with E-state index in [1.54, 1.807) is 24.2 Å². The summed E-state index contributed by atoms with van der Waals surface area (Å²) in [7, 11) is 1.56. The molecule has 1 aromatic heterocycles. The first kappa shape index (κ1) is 25.2. The van der Waals surface area contributed by atoms with Gasteiger partial charge in [0.2, 0.25) is 11.1 Å². The molecule has 2 aromatic rings. The predicted octanol–water partition coefficient (Wildman–Crippen LogP) is 3.62. The number of amidine groups is 2. The molecule has 10 nitrogen and oxygen atoms in total. The van der Waals surface area contributed by atoms with Crippen LogP contribution in [0, 0.1) is 19.3 Å². The third-order valence-electron chi connectivity index (χ3n) is 6.33. The molecule has 1 fully saturated rings. The Morgan fingerprint density at radius 2 is 2.03 bits per heavy atom. The largest absolute Gasteiger partial charge is 0.495 e. The van der Waals surface area contributed by atoms with Crippen LogP contribution < -0.4 is 4.74 Å². The number of aryl methyl sites for hydroxylation is 1. The lowest BCUT2D eigenvalue weighted by Gasteiger charge is -2.26. The zero-order valence-corrected chi connectivity index (χ0v) is 22.1. The summed E-state index contributed by atoms with van der Waals surface area (Å²) in [6.07, 6.45) is 1.75. The SMILES string of the molecule is COc1ccc(-n2c(C)cc(/C=C3\C(=N)N4N=C(CC(=O)N5CCOCC5)SC4=NC3=O)c2C)cc1Cl. The molecular weight excluding hydrogens is 516 g/mol. The lowest BCUT2D eigenvalue weighted by atomic mass is 10.1. The molecule has 5 rings (SSSR count). The number of morpholine rings is 1. The first-order valence-corrected chi connectivity index (χ1v) is 12.8. The number of nitrogens with one attached hydrogen (secondary N) is 1. The highest BCUT2D eigenvalue weighted by Gasteiger charge is 2.36. The van der Waals surface area contributed by atoms with E-state index < -0.39 is 5.91 Å². The number of aromatic nitrogens is 1. The van der Waals surface area contributed by atoms with E-state index in [9.17, 15) is 9.59 Å². The Morgan fingerprint density at radius 1 is 1.27 bits per heavy atom. The van der Waals surface area contributed by atoms with E-state index in [0.29, 0.717) is 42.1 Å². The van der Waals surface area contributed by atoms with Gasteiger partial charge in [0, 0.05) is 30.2 Å². The molecule has 0 unspecified atom stereocenters. The van der Waals surface area contributed by atoms with Crippen molar-refractivity contribution >= 4 is 57.3 Å². The Balaban J connectivity index is 1.40. The second-order valence-electron chi connectivity index (χ2n) is 8.66. The van der Waals surface area contributed by atoms with Crippen LogP contribution in [0.4, 0.5) is 0 Å². The summed E-state index contributed by atoms with van der Waals surface area (Å²) < 4.78 is 12.6. The molecule has 12 heteroatoms. The number of nitrogens with zero attached hydrogens (tertiary/aromatic N) is 5. The van der Waals surface area contributed by atoms with Crippen LogP contribution in [0.15, 0.2) is 39.9 Å². The number of carbonyl (C=O) groups excluding carboxylic acids is 2. The summed E-state index contributed by atoms with van der Waals surface area (Å²) in [5, 5.41) is 15.7. The summed E-state index contributed by atoms with van der Waals surface area (Å²) in [5.41, 5.74) is 3.56. The van der Waals surface area contributed by atoms with Gasteiger partial charge in [0.05, 0.1) is 37.3 Å². The Morgan fingerprint density at radius 3 is 2.73 bits per heavy atom. The fourth-order valence-electron chi connectivity index (χ4n) is 4.44. The highest BCUT2D eigenvalue weighted by atomic mass is 35.5. The average molecular weight is 541 g/mol. The van der Waals surface area contributed by atoms with Crippen molar-refractivity contribution < 1.29 is 19.1 Å². The van der Waals surface area contributed by atoms with Crippen LogP contribution in [-0.4, -0.2) is 75.8 Å². The number of amides is 2. The number of thioether (sulfide) groups is 1.